The van der Waals surface area contributed by atoms with Gasteiger partial charge in [-0.1, -0.05) is 6.07 Å². The molecule has 0 fully saturated rings. The molecule has 2 aromatic carbocycles. The third kappa shape index (κ3) is 4.87. The molecule has 27 heavy (non-hydrogen) atoms. The number of rotatable bonds is 8. The van der Waals surface area contributed by atoms with E-state index in [-0.39, 0.29) is 40.8 Å². The number of hydrogen-bond acceptors (Lipinski definition) is 5. The lowest BCUT2D eigenvalue weighted by molar-refractivity contribution is -0.116. The minimum atomic E-state index is -1.17. The second-order valence-corrected chi connectivity index (χ2v) is 5.58. The van der Waals surface area contributed by atoms with Gasteiger partial charge in [0.2, 0.25) is 5.91 Å². The number of carbonyl (C=O) groups excluding carboxylic acids is 1. The Morgan fingerprint density at radius 3 is 2.30 bits per heavy atom. The molecule has 0 spiro atoms. The van der Waals surface area contributed by atoms with E-state index < -0.39 is 11.8 Å². The second-order valence-electron chi connectivity index (χ2n) is 5.58. The maximum atomic E-state index is 13.7. The number of hydrogen-bond donors (Lipinski definition) is 2. The summed E-state index contributed by atoms with van der Waals surface area (Å²) in [6.45, 7) is 0. The zero-order valence-corrected chi connectivity index (χ0v) is 15.2. The van der Waals surface area contributed by atoms with Crippen molar-refractivity contribution in [1.82, 2.24) is 0 Å². The molecule has 0 saturated carbocycles. The monoisotopic (exact) mass is 377 g/mol. The number of halogens is 1. The second kappa shape index (κ2) is 8.88. The number of methoxy groups -OCH3 is 3. The number of ether oxygens (including phenoxy) is 3. The quantitative estimate of drug-likeness (QED) is 0.734. The standard InChI is InChI=1S/C19H20FNO6/c1-25-15-6-4-11(8-13(15)20)5-7-17(22)21-14-9-12(19(23)24)10-16(26-2)18(14)27-3/h4,6,8-10H,5,7H2,1-3H3,(H,21,22)(H,23,24). The van der Waals surface area contributed by atoms with E-state index in [1.54, 1.807) is 6.07 Å². The third-order valence-corrected chi connectivity index (χ3v) is 3.86. The fourth-order valence-electron chi connectivity index (χ4n) is 2.52. The molecule has 0 unspecified atom stereocenters. The van der Waals surface area contributed by atoms with E-state index in [0.29, 0.717) is 12.0 Å². The molecule has 2 rings (SSSR count). The first-order chi connectivity index (χ1) is 12.9. The summed E-state index contributed by atoms with van der Waals surface area (Å²) in [5.74, 6) is -1.52. The summed E-state index contributed by atoms with van der Waals surface area (Å²) in [6, 6.07) is 7.06. The number of amides is 1. The number of nitrogens with one attached hydrogen (secondary N) is 1. The molecule has 2 N–H and O–H groups in total. The Morgan fingerprint density at radius 1 is 1.04 bits per heavy atom. The summed E-state index contributed by atoms with van der Waals surface area (Å²) in [5, 5.41) is 11.8. The van der Waals surface area contributed by atoms with Crippen LogP contribution in [-0.2, 0) is 11.2 Å². The molecule has 0 saturated heterocycles. The predicted molar refractivity (Wildman–Crippen MR) is 96.4 cm³/mol. The average molecular weight is 377 g/mol. The van der Waals surface area contributed by atoms with Gasteiger partial charge in [0.15, 0.2) is 23.1 Å². The maximum Gasteiger partial charge on any atom is 0.335 e. The molecule has 0 radical (unpaired) electrons. The SMILES string of the molecule is COc1ccc(CCC(=O)Nc2cc(C(=O)O)cc(OC)c2OC)cc1F. The van der Waals surface area contributed by atoms with Crippen LogP contribution in [0, 0.1) is 5.82 Å². The normalized spacial score (nSPS) is 10.2. The highest BCUT2D eigenvalue weighted by molar-refractivity contribution is 5.96. The van der Waals surface area contributed by atoms with Crippen LogP contribution in [0.4, 0.5) is 10.1 Å². The summed E-state index contributed by atoms with van der Waals surface area (Å²) in [5.41, 5.74) is 0.757. The molecule has 0 aromatic heterocycles. The van der Waals surface area contributed by atoms with Crippen molar-refractivity contribution in [3.8, 4) is 17.2 Å². The molecular formula is C19H20FNO6. The van der Waals surface area contributed by atoms with Gasteiger partial charge in [0.05, 0.1) is 32.6 Å². The van der Waals surface area contributed by atoms with E-state index in [0.717, 1.165) is 0 Å². The number of benzene rings is 2. The van der Waals surface area contributed by atoms with Crippen molar-refractivity contribution in [2.75, 3.05) is 26.6 Å². The molecule has 0 bridgehead atoms. The summed E-state index contributed by atoms with van der Waals surface area (Å²) < 4.78 is 28.9. The number of aryl methyl sites for hydroxylation is 1. The highest BCUT2D eigenvalue weighted by atomic mass is 19.1. The molecule has 2 aromatic rings. The van der Waals surface area contributed by atoms with Crippen molar-refractivity contribution in [3.63, 3.8) is 0 Å². The lowest BCUT2D eigenvalue weighted by Crippen LogP contribution is -2.14. The van der Waals surface area contributed by atoms with Crippen molar-refractivity contribution in [2.45, 2.75) is 12.8 Å². The Balaban J connectivity index is 2.14. The average Bonchev–Trinajstić information content (AvgIpc) is 2.65. The molecule has 0 aliphatic heterocycles. The van der Waals surface area contributed by atoms with Crippen molar-refractivity contribution < 1.29 is 33.3 Å². The Labute approximate surface area is 155 Å². The number of anilines is 1. The van der Waals surface area contributed by atoms with Gasteiger partial charge >= 0.3 is 5.97 Å². The van der Waals surface area contributed by atoms with Crippen LogP contribution >= 0.6 is 0 Å². The highest BCUT2D eigenvalue weighted by Gasteiger charge is 2.17. The Morgan fingerprint density at radius 2 is 1.74 bits per heavy atom. The van der Waals surface area contributed by atoms with Crippen LogP contribution in [0.5, 0.6) is 17.2 Å². The molecular weight excluding hydrogens is 357 g/mol. The van der Waals surface area contributed by atoms with Gasteiger partial charge < -0.3 is 24.6 Å². The van der Waals surface area contributed by atoms with Gasteiger partial charge in [0.25, 0.3) is 0 Å². The van der Waals surface area contributed by atoms with Gasteiger partial charge in [-0.05, 0) is 36.2 Å². The van der Waals surface area contributed by atoms with Crippen molar-refractivity contribution >= 4 is 17.6 Å². The van der Waals surface area contributed by atoms with Crippen LogP contribution in [0.3, 0.4) is 0 Å². The van der Waals surface area contributed by atoms with E-state index in [2.05, 4.69) is 5.32 Å². The Kier molecular flexibility index (Phi) is 6.59. The van der Waals surface area contributed by atoms with E-state index in [1.165, 1.54) is 45.6 Å². The molecule has 0 atom stereocenters. The number of aromatic carboxylic acids is 1. The summed E-state index contributed by atoms with van der Waals surface area (Å²) in [7, 11) is 4.12. The van der Waals surface area contributed by atoms with Gasteiger partial charge in [0, 0.05) is 6.42 Å². The summed E-state index contributed by atoms with van der Waals surface area (Å²) in [4.78, 5) is 23.5. The smallest absolute Gasteiger partial charge is 0.335 e. The van der Waals surface area contributed by atoms with Gasteiger partial charge in [-0.15, -0.1) is 0 Å². The van der Waals surface area contributed by atoms with E-state index in [9.17, 15) is 19.1 Å². The van der Waals surface area contributed by atoms with Crippen molar-refractivity contribution in [2.24, 2.45) is 0 Å². The molecule has 0 heterocycles. The van der Waals surface area contributed by atoms with Gasteiger partial charge in [-0.3, -0.25) is 4.79 Å². The summed E-state index contributed by atoms with van der Waals surface area (Å²) >= 11 is 0. The Bertz CT molecular complexity index is 852. The van der Waals surface area contributed by atoms with Gasteiger partial charge in [-0.2, -0.15) is 0 Å². The number of carboxylic acids is 1. The molecule has 0 aliphatic rings. The van der Waals surface area contributed by atoms with Crippen LogP contribution in [0.1, 0.15) is 22.3 Å². The first-order valence-electron chi connectivity index (χ1n) is 8.01. The zero-order chi connectivity index (χ0) is 20.0. The van der Waals surface area contributed by atoms with E-state index >= 15 is 0 Å². The molecule has 1 amide bonds. The van der Waals surface area contributed by atoms with Crippen LogP contribution in [0.25, 0.3) is 0 Å². The molecule has 144 valence electrons. The zero-order valence-electron chi connectivity index (χ0n) is 15.2. The number of carbonyl (C=O) groups is 2. The van der Waals surface area contributed by atoms with Crippen LogP contribution in [-0.4, -0.2) is 38.3 Å². The first-order valence-corrected chi connectivity index (χ1v) is 8.01. The minimum absolute atomic E-state index is 0.0554. The molecule has 0 aliphatic carbocycles. The van der Waals surface area contributed by atoms with Crippen molar-refractivity contribution in [3.05, 3.63) is 47.3 Å². The fourth-order valence-corrected chi connectivity index (χ4v) is 2.52. The lowest BCUT2D eigenvalue weighted by Gasteiger charge is -2.15. The van der Waals surface area contributed by atoms with Crippen molar-refractivity contribution in [1.29, 1.82) is 0 Å². The van der Waals surface area contributed by atoms with Crippen LogP contribution < -0.4 is 19.5 Å². The largest absolute Gasteiger partial charge is 0.494 e. The Hall–Kier alpha value is -3.29. The van der Waals surface area contributed by atoms with Gasteiger partial charge in [0.1, 0.15) is 0 Å². The lowest BCUT2D eigenvalue weighted by atomic mass is 10.1. The fraction of sp³-hybridized carbons (Fsp3) is 0.263. The van der Waals surface area contributed by atoms with Crippen LogP contribution in [0.15, 0.2) is 30.3 Å². The highest BCUT2D eigenvalue weighted by Crippen LogP contribution is 2.36. The van der Waals surface area contributed by atoms with Crippen LogP contribution in [0.2, 0.25) is 0 Å². The summed E-state index contributed by atoms with van der Waals surface area (Å²) in [6.07, 6.45) is 0.360. The number of carboxylic acid groups (broad SMARTS) is 1. The first kappa shape index (κ1) is 20.0. The molecule has 7 nitrogen and oxygen atoms in total. The molecule has 8 heteroatoms. The predicted octanol–water partition coefficient (Wildman–Crippen LogP) is 3.12. The van der Waals surface area contributed by atoms with E-state index in [4.69, 9.17) is 14.2 Å². The third-order valence-electron chi connectivity index (χ3n) is 3.86. The minimum Gasteiger partial charge on any atom is -0.494 e. The maximum absolute atomic E-state index is 13.7. The van der Waals surface area contributed by atoms with E-state index in [1.807, 2.05) is 0 Å². The van der Waals surface area contributed by atoms with Gasteiger partial charge in [-0.25, -0.2) is 9.18 Å². The topological polar surface area (TPSA) is 94.1 Å².